The fourth-order valence-corrected chi connectivity index (χ4v) is 3.57. The average molecular weight is 320 g/mol. The van der Waals surface area contributed by atoms with Gasteiger partial charge in [-0.1, -0.05) is 38.8 Å². The van der Waals surface area contributed by atoms with Gasteiger partial charge in [0.2, 0.25) is 0 Å². The largest absolute Gasteiger partial charge is 0.480 e. The Morgan fingerprint density at radius 1 is 1.36 bits per heavy atom. The van der Waals surface area contributed by atoms with E-state index in [0.29, 0.717) is 6.42 Å². The van der Waals surface area contributed by atoms with Gasteiger partial charge in [0.15, 0.2) is 0 Å². The molecule has 0 saturated carbocycles. The summed E-state index contributed by atoms with van der Waals surface area (Å²) in [4.78, 5) is 16.0. The molecule has 0 aliphatic rings. The molecule has 0 bridgehead atoms. The second-order valence-corrected chi connectivity index (χ2v) is 6.86. The minimum absolute atomic E-state index is 0.0681. The Balaban J connectivity index is 2.06. The third kappa shape index (κ3) is 4.05. The minimum atomic E-state index is -0.767. The van der Waals surface area contributed by atoms with Crippen LogP contribution in [-0.2, 0) is 4.79 Å². The van der Waals surface area contributed by atoms with Gasteiger partial charge in [-0.3, -0.25) is 4.79 Å². The van der Waals surface area contributed by atoms with E-state index in [4.69, 9.17) is 0 Å². The highest BCUT2D eigenvalue weighted by atomic mass is 32.1. The molecule has 0 amide bonds. The lowest BCUT2D eigenvalue weighted by molar-refractivity contribution is -0.139. The fourth-order valence-electron chi connectivity index (χ4n) is 2.45. The van der Waals surface area contributed by atoms with Gasteiger partial charge in [0.25, 0.3) is 0 Å². The maximum Gasteiger partial charge on any atom is 0.320 e. The molecule has 0 saturated heterocycles. The number of carboxylic acid groups (broad SMARTS) is 1. The van der Waals surface area contributed by atoms with Gasteiger partial charge in [-0.2, -0.15) is 0 Å². The first-order valence-corrected chi connectivity index (χ1v) is 8.69. The summed E-state index contributed by atoms with van der Waals surface area (Å²) in [6.45, 7) is 6.22. The normalized spacial score (nSPS) is 15.6. The van der Waals surface area contributed by atoms with E-state index in [1.54, 1.807) is 11.3 Å². The van der Waals surface area contributed by atoms with Gasteiger partial charge in [0.05, 0.1) is 15.2 Å². The molecule has 1 heterocycles. The van der Waals surface area contributed by atoms with Crippen LogP contribution in [0.15, 0.2) is 24.3 Å². The summed E-state index contributed by atoms with van der Waals surface area (Å²) in [5.41, 5.74) is 1.02. The number of nitrogens with one attached hydrogen (secondary N) is 1. The lowest BCUT2D eigenvalue weighted by Gasteiger charge is -2.24. The number of aromatic nitrogens is 1. The monoisotopic (exact) mass is 320 g/mol. The van der Waals surface area contributed by atoms with Crippen LogP contribution in [-0.4, -0.2) is 28.1 Å². The summed E-state index contributed by atoms with van der Waals surface area (Å²) < 4.78 is 1.18. The van der Waals surface area contributed by atoms with Gasteiger partial charge in [-0.15, -0.1) is 11.3 Å². The van der Waals surface area contributed by atoms with E-state index in [1.165, 1.54) is 4.70 Å². The van der Waals surface area contributed by atoms with E-state index in [2.05, 4.69) is 30.2 Å². The molecular formula is C17H24N2O2S. The zero-order valence-electron chi connectivity index (χ0n) is 13.4. The van der Waals surface area contributed by atoms with Gasteiger partial charge >= 0.3 is 5.97 Å². The fraction of sp³-hybridized carbons (Fsp3) is 0.529. The molecule has 2 N–H and O–H groups in total. The first kappa shape index (κ1) is 16.9. The van der Waals surface area contributed by atoms with Crippen molar-refractivity contribution < 1.29 is 9.90 Å². The molecule has 0 aliphatic carbocycles. The van der Waals surface area contributed by atoms with Crippen LogP contribution in [0.4, 0.5) is 0 Å². The second kappa shape index (κ2) is 7.70. The summed E-state index contributed by atoms with van der Waals surface area (Å²) >= 11 is 1.69. The molecule has 0 fully saturated rings. The number of benzene rings is 1. The van der Waals surface area contributed by atoms with Gasteiger partial charge in [-0.05, 0) is 25.5 Å². The summed E-state index contributed by atoms with van der Waals surface area (Å²) in [5, 5.41) is 13.7. The molecule has 0 spiro atoms. The third-order valence-corrected chi connectivity index (χ3v) is 5.30. The first-order valence-electron chi connectivity index (χ1n) is 7.87. The molecule has 2 rings (SSSR count). The van der Waals surface area contributed by atoms with E-state index < -0.39 is 12.0 Å². The number of hydrogen-bond donors (Lipinski definition) is 2. The molecule has 0 aliphatic heterocycles. The minimum Gasteiger partial charge on any atom is -0.480 e. The molecular weight excluding hydrogens is 296 g/mol. The van der Waals surface area contributed by atoms with Crippen LogP contribution < -0.4 is 5.32 Å². The second-order valence-electron chi connectivity index (χ2n) is 5.80. The van der Waals surface area contributed by atoms with Crippen LogP contribution in [0.1, 0.15) is 51.0 Å². The molecule has 5 heteroatoms. The molecule has 0 radical (unpaired) electrons. The van der Waals surface area contributed by atoms with Crippen LogP contribution in [0.5, 0.6) is 0 Å². The molecule has 120 valence electrons. The SMILES string of the molecule is CCCCC(NC(C)C(C)c1nc2ccccc2s1)C(=O)O. The highest BCUT2D eigenvalue weighted by Crippen LogP contribution is 2.29. The summed E-state index contributed by atoms with van der Waals surface area (Å²) in [7, 11) is 0. The highest BCUT2D eigenvalue weighted by Gasteiger charge is 2.24. The summed E-state index contributed by atoms with van der Waals surface area (Å²) in [6.07, 6.45) is 2.60. The molecule has 2 aromatic rings. The average Bonchev–Trinajstić information content (AvgIpc) is 2.94. The van der Waals surface area contributed by atoms with Crippen molar-refractivity contribution in [3.8, 4) is 0 Å². The van der Waals surface area contributed by atoms with Crippen LogP contribution in [0, 0.1) is 0 Å². The number of carboxylic acids is 1. The molecule has 3 unspecified atom stereocenters. The number of rotatable bonds is 8. The summed E-state index contributed by atoms with van der Waals surface area (Å²) in [6, 6.07) is 7.68. The van der Waals surface area contributed by atoms with E-state index in [1.807, 2.05) is 25.1 Å². The smallest absolute Gasteiger partial charge is 0.320 e. The molecule has 4 nitrogen and oxygen atoms in total. The predicted molar refractivity (Wildman–Crippen MR) is 91.6 cm³/mol. The van der Waals surface area contributed by atoms with Gasteiger partial charge in [0.1, 0.15) is 6.04 Å². The number of carbonyl (C=O) groups is 1. The lowest BCUT2D eigenvalue weighted by Crippen LogP contribution is -2.44. The number of para-hydroxylation sites is 1. The summed E-state index contributed by atoms with van der Waals surface area (Å²) in [5.74, 6) is -0.585. The molecule has 1 aromatic heterocycles. The Hall–Kier alpha value is -1.46. The van der Waals surface area contributed by atoms with Crippen molar-refractivity contribution in [1.29, 1.82) is 0 Å². The zero-order valence-corrected chi connectivity index (χ0v) is 14.2. The Morgan fingerprint density at radius 2 is 2.09 bits per heavy atom. The number of unbranched alkanes of at least 4 members (excludes halogenated alkanes) is 1. The Kier molecular flexibility index (Phi) is 5.91. The maximum atomic E-state index is 11.4. The quantitative estimate of drug-likeness (QED) is 0.771. The van der Waals surface area contributed by atoms with Crippen molar-refractivity contribution in [3.05, 3.63) is 29.3 Å². The van der Waals surface area contributed by atoms with E-state index in [-0.39, 0.29) is 12.0 Å². The Labute approximate surface area is 135 Å². The molecule has 1 aromatic carbocycles. The van der Waals surface area contributed by atoms with Gasteiger partial charge < -0.3 is 10.4 Å². The number of nitrogens with zero attached hydrogens (tertiary/aromatic N) is 1. The standard InChI is InChI=1S/C17H24N2O2S/c1-4-5-8-14(17(20)21)18-12(3)11(2)16-19-13-9-6-7-10-15(13)22-16/h6-7,9-12,14,18H,4-5,8H2,1-3H3,(H,20,21). The van der Waals surface area contributed by atoms with Crippen LogP contribution in [0.3, 0.4) is 0 Å². The van der Waals surface area contributed by atoms with Crippen molar-refractivity contribution in [2.24, 2.45) is 0 Å². The van der Waals surface area contributed by atoms with Crippen LogP contribution >= 0.6 is 11.3 Å². The van der Waals surface area contributed by atoms with Gasteiger partial charge in [0, 0.05) is 12.0 Å². The number of aliphatic carboxylic acids is 1. The van der Waals surface area contributed by atoms with Crippen molar-refractivity contribution >= 4 is 27.5 Å². The number of thiazole rings is 1. The Morgan fingerprint density at radius 3 is 2.73 bits per heavy atom. The van der Waals surface area contributed by atoms with E-state index in [0.717, 1.165) is 23.4 Å². The van der Waals surface area contributed by atoms with Gasteiger partial charge in [-0.25, -0.2) is 4.98 Å². The molecule has 3 atom stereocenters. The Bertz CT molecular complexity index is 593. The topological polar surface area (TPSA) is 62.2 Å². The third-order valence-electron chi connectivity index (χ3n) is 4.06. The van der Waals surface area contributed by atoms with Crippen molar-refractivity contribution in [3.63, 3.8) is 0 Å². The van der Waals surface area contributed by atoms with E-state index in [9.17, 15) is 9.90 Å². The van der Waals surface area contributed by atoms with Crippen molar-refractivity contribution in [1.82, 2.24) is 10.3 Å². The predicted octanol–water partition coefficient (Wildman–Crippen LogP) is 4.02. The van der Waals surface area contributed by atoms with Crippen molar-refractivity contribution in [2.75, 3.05) is 0 Å². The number of fused-ring (bicyclic) bond motifs is 1. The van der Waals surface area contributed by atoms with Crippen molar-refractivity contribution in [2.45, 2.75) is 58.0 Å². The highest BCUT2D eigenvalue weighted by molar-refractivity contribution is 7.18. The van der Waals surface area contributed by atoms with E-state index >= 15 is 0 Å². The zero-order chi connectivity index (χ0) is 16.1. The maximum absolute atomic E-state index is 11.4. The van der Waals surface area contributed by atoms with Crippen LogP contribution in [0.2, 0.25) is 0 Å². The first-order chi connectivity index (χ1) is 10.5. The molecule has 22 heavy (non-hydrogen) atoms. The lowest BCUT2D eigenvalue weighted by atomic mass is 10.0. The van der Waals surface area contributed by atoms with Crippen LogP contribution in [0.25, 0.3) is 10.2 Å². The number of hydrogen-bond acceptors (Lipinski definition) is 4.